The number of piperazine rings is 1. The first-order valence-corrected chi connectivity index (χ1v) is 11.9. The normalized spacial score (nSPS) is 23.1. The Bertz CT molecular complexity index is 789. The second-order valence-corrected chi connectivity index (χ2v) is 9.90. The topological polar surface area (TPSA) is 82.6 Å². The van der Waals surface area contributed by atoms with Gasteiger partial charge in [0.1, 0.15) is 18.5 Å². The van der Waals surface area contributed by atoms with E-state index in [-0.39, 0.29) is 6.61 Å². The molecule has 0 spiro atoms. The highest BCUT2D eigenvalue weighted by Gasteiger charge is 2.33. The first-order chi connectivity index (χ1) is 14.0. The number of fused-ring (bicyclic) bond motifs is 1. The molecule has 0 unspecified atom stereocenters. The molecule has 0 radical (unpaired) electrons. The van der Waals surface area contributed by atoms with Crippen molar-refractivity contribution in [1.29, 1.82) is 0 Å². The number of nitrogens with zero attached hydrogens (tertiary/aromatic N) is 3. The van der Waals surface area contributed by atoms with Crippen LogP contribution in [-0.2, 0) is 27.8 Å². The molecule has 2 saturated heterocycles. The first kappa shape index (κ1) is 21.0. The van der Waals surface area contributed by atoms with Crippen LogP contribution in [0.25, 0.3) is 0 Å². The molecule has 2 aliphatic heterocycles. The van der Waals surface area contributed by atoms with Crippen LogP contribution in [0.1, 0.15) is 17.5 Å². The number of hydrogen-bond donors (Lipinski definition) is 1. The first-order valence-electron chi connectivity index (χ1n) is 10.5. The Balaban J connectivity index is 1.21. The smallest absolute Gasteiger partial charge is 0.282 e. The molecular weight excluding hydrogens is 394 g/mol. The summed E-state index contributed by atoms with van der Waals surface area (Å²) in [4.78, 5) is 2.10. The summed E-state index contributed by atoms with van der Waals surface area (Å²) in [6.45, 7) is 4.57. The largest absolute Gasteiger partial charge is 0.491 e. The van der Waals surface area contributed by atoms with Crippen molar-refractivity contribution in [2.45, 2.75) is 25.4 Å². The third-order valence-electron chi connectivity index (χ3n) is 5.94. The number of hydrogen-bond acceptors (Lipinski definition) is 6. The molecule has 2 fully saturated rings. The van der Waals surface area contributed by atoms with E-state index < -0.39 is 16.3 Å². The molecule has 1 aromatic rings. The van der Waals surface area contributed by atoms with E-state index in [1.807, 2.05) is 6.07 Å². The van der Waals surface area contributed by atoms with Crippen molar-refractivity contribution >= 4 is 10.2 Å². The molecule has 4 rings (SSSR count). The molecule has 1 N–H and O–H groups in total. The summed E-state index contributed by atoms with van der Waals surface area (Å²) < 4.78 is 39.5. The van der Waals surface area contributed by atoms with Gasteiger partial charge in [-0.3, -0.25) is 4.90 Å². The predicted octanol–water partition coefficient (Wildman–Crippen LogP) is 0.110. The zero-order chi connectivity index (χ0) is 20.3. The summed E-state index contributed by atoms with van der Waals surface area (Å²) in [5.74, 6) is 0.811. The van der Waals surface area contributed by atoms with E-state index >= 15 is 0 Å². The van der Waals surface area contributed by atoms with Crippen LogP contribution in [0.3, 0.4) is 0 Å². The average Bonchev–Trinajstić information content (AvgIpc) is 3.21. The van der Waals surface area contributed by atoms with Gasteiger partial charge in [0.05, 0.1) is 13.2 Å². The second kappa shape index (κ2) is 9.28. The Morgan fingerprint density at radius 1 is 1.00 bits per heavy atom. The van der Waals surface area contributed by atoms with Crippen LogP contribution >= 0.6 is 0 Å². The lowest BCUT2D eigenvalue weighted by molar-refractivity contribution is 0.0525. The zero-order valence-electron chi connectivity index (χ0n) is 16.8. The van der Waals surface area contributed by atoms with E-state index in [0.29, 0.717) is 59.0 Å². The summed E-state index contributed by atoms with van der Waals surface area (Å²) in [7, 11) is -3.42. The molecule has 0 amide bonds. The zero-order valence-corrected chi connectivity index (χ0v) is 17.6. The van der Waals surface area contributed by atoms with Gasteiger partial charge in [-0.2, -0.15) is 17.0 Å². The summed E-state index contributed by atoms with van der Waals surface area (Å²) >= 11 is 0. The minimum absolute atomic E-state index is 0.241. The van der Waals surface area contributed by atoms with E-state index in [2.05, 4.69) is 17.0 Å². The highest BCUT2D eigenvalue weighted by Crippen LogP contribution is 2.26. The quantitative estimate of drug-likeness (QED) is 0.668. The van der Waals surface area contributed by atoms with Crippen molar-refractivity contribution in [2.75, 3.05) is 65.6 Å². The van der Waals surface area contributed by atoms with Crippen LogP contribution in [0.5, 0.6) is 5.75 Å². The molecule has 0 bridgehead atoms. The van der Waals surface area contributed by atoms with Gasteiger partial charge in [-0.1, -0.05) is 6.07 Å². The van der Waals surface area contributed by atoms with Gasteiger partial charge in [0, 0.05) is 45.8 Å². The van der Waals surface area contributed by atoms with Crippen molar-refractivity contribution in [2.24, 2.45) is 0 Å². The van der Waals surface area contributed by atoms with E-state index in [4.69, 9.17) is 9.47 Å². The van der Waals surface area contributed by atoms with E-state index in [1.54, 1.807) is 4.31 Å². The standard InChI is InChI=1S/C20H31N3O5S/c24-19(16-28-20-5-4-17-2-1-3-18(17)14-20)15-21-6-8-22(9-7-21)29(25,26)23-10-12-27-13-11-23/h4-5,14,19,24H,1-3,6-13,15-16H2/t19-/m0/s1. The van der Waals surface area contributed by atoms with Crippen LogP contribution in [0.4, 0.5) is 0 Å². The molecule has 0 saturated carbocycles. The van der Waals surface area contributed by atoms with Gasteiger partial charge < -0.3 is 14.6 Å². The molecule has 162 valence electrons. The Morgan fingerprint density at radius 2 is 1.69 bits per heavy atom. The predicted molar refractivity (Wildman–Crippen MR) is 109 cm³/mol. The number of aliphatic hydroxyl groups is 1. The third kappa shape index (κ3) is 5.10. The Kier molecular flexibility index (Phi) is 6.73. The number of aryl methyl sites for hydroxylation is 2. The van der Waals surface area contributed by atoms with Crippen molar-refractivity contribution in [3.05, 3.63) is 29.3 Å². The Labute approximate surface area is 173 Å². The molecule has 0 aromatic heterocycles. The van der Waals surface area contributed by atoms with Crippen molar-refractivity contribution in [3.8, 4) is 5.75 Å². The van der Waals surface area contributed by atoms with Crippen LogP contribution in [0.15, 0.2) is 18.2 Å². The van der Waals surface area contributed by atoms with Crippen LogP contribution in [0.2, 0.25) is 0 Å². The second-order valence-electron chi connectivity index (χ2n) is 7.97. The third-order valence-corrected chi connectivity index (χ3v) is 7.97. The van der Waals surface area contributed by atoms with Crippen molar-refractivity contribution < 1.29 is 23.0 Å². The highest BCUT2D eigenvalue weighted by molar-refractivity contribution is 7.86. The van der Waals surface area contributed by atoms with Gasteiger partial charge >= 0.3 is 0 Å². The van der Waals surface area contributed by atoms with Gasteiger partial charge in [-0.05, 0) is 42.5 Å². The summed E-state index contributed by atoms with van der Waals surface area (Å²) in [6.07, 6.45) is 2.85. The number of morpholine rings is 1. The number of ether oxygens (including phenoxy) is 2. The molecule has 2 heterocycles. The van der Waals surface area contributed by atoms with Crippen LogP contribution in [0, 0.1) is 0 Å². The monoisotopic (exact) mass is 425 g/mol. The number of aliphatic hydroxyl groups excluding tert-OH is 1. The average molecular weight is 426 g/mol. The van der Waals surface area contributed by atoms with E-state index in [1.165, 1.54) is 21.9 Å². The van der Waals surface area contributed by atoms with Crippen LogP contribution in [-0.4, -0.2) is 98.8 Å². The van der Waals surface area contributed by atoms with Crippen molar-refractivity contribution in [3.63, 3.8) is 0 Å². The minimum atomic E-state index is -3.42. The molecule has 3 aliphatic rings. The SMILES string of the molecule is O=S(=O)(N1CCOCC1)N1CCN(C[C@H](O)COc2ccc3c(c2)CCC3)CC1. The van der Waals surface area contributed by atoms with Gasteiger partial charge in [0.2, 0.25) is 0 Å². The fraction of sp³-hybridized carbons (Fsp3) is 0.700. The molecule has 29 heavy (non-hydrogen) atoms. The fourth-order valence-corrected chi connectivity index (χ4v) is 5.83. The molecule has 8 nitrogen and oxygen atoms in total. The lowest BCUT2D eigenvalue weighted by atomic mass is 10.1. The van der Waals surface area contributed by atoms with Crippen molar-refractivity contribution in [1.82, 2.24) is 13.5 Å². The number of β-amino-alcohol motifs (C(OH)–C–C–N with tert-alkyl or cyclic N) is 1. The maximum atomic E-state index is 12.7. The fourth-order valence-electron chi connectivity index (χ4n) is 4.26. The number of benzene rings is 1. The number of rotatable bonds is 7. The highest BCUT2D eigenvalue weighted by atomic mass is 32.2. The van der Waals surface area contributed by atoms with Gasteiger partial charge in [-0.15, -0.1) is 0 Å². The maximum absolute atomic E-state index is 12.7. The van der Waals surface area contributed by atoms with Gasteiger partial charge in [0.15, 0.2) is 0 Å². The van der Waals surface area contributed by atoms with Gasteiger partial charge in [0.25, 0.3) is 10.2 Å². The molecule has 1 aliphatic carbocycles. The molecule has 1 atom stereocenters. The van der Waals surface area contributed by atoms with Gasteiger partial charge in [-0.25, -0.2) is 0 Å². The van der Waals surface area contributed by atoms with E-state index in [9.17, 15) is 13.5 Å². The summed E-state index contributed by atoms with van der Waals surface area (Å²) in [5, 5.41) is 10.4. The maximum Gasteiger partial charge on any atom is 0.282 e. The summed E-state index contributed by atoms with van der Waals surface area (Å²) in [5.41, 5.74) is 2.76. The minimum Gasteiger partial charge on any atom is -0.491 e. The molecular formula is C20H31N3O5S. The summed E-state index contributed by atoms with van der Waals surface area (Å²) in [6, 6.07) is 6.19. The molecule has 1 aromatic carbocycles. The Morgan fingerprint density at radius 3 is 2.45 bits per heavy atom. The lowest BCUT2D eigenvalue weighted by Gasteiger charge is -2.38. The lowest BCUT2D eigenvalue weighted by Crippen LogP contribution is -2.55. The Hall–Kier alpha value is -1.23. The van der Waals surface area contributed by atoms with E-state index in [0.717, 1.165) is 18.6 Å². The van der Waals surface area contributed by atoms with Crippen LogP contribution < -0.4 is 4.74 Å². The molecule has 9 heteroatoms.